The number of nitrogens with zero attached hydrogens (tertiary/aromatic N) is 1. The van der Waals surface area contributed by atoms with E-state index in [1.807, 2.05) is 17.0 Å². The lowest BCUT2D eigenvalue weighted by molar-refractivity contribution is -0.137. The van der Waals surface area contributed by atoms with Crippen molar-refractivity contribution in [3.63, 3.8) is 0 Å². The number of fused-ring (bicyclic) bond motifs is 1. The molecular formula is C25H33NO4. The van der Waals surface area contributed by atoms with Crippen LogP contribution in [0.4, 0.5) is 0 Å². The molecule has 1 amide bonds. The number of aliphatic hydroxyl groups excluding tert-OH is 1. The van der Waals surface area contributed by atoms with Gasteiger partial charge in [0.05, 0.1) is 6.10 Å². The first-order valence-corrected chi connectivity index (χ1v) is 11.2. The molecule has 0 bridgehead atoms. The zero-order valence-corrected chi connectivity index (χ0v) is 17.6. The van der Waals surface area contributed by atoms with Gasteiger partial charge in [-0.3, -0.25) is 9.59 Å². The molecule has 1 aliphatic rings. The Morgan fingerprint density at radius 3 is 2.63 bits per heavy atom. The molecule has 2 atom stereocenters. The van der Waals surface area contributed by atoms with Gasteiger partial charge in [-0.25, -0.2) is 0 Å². The second-order valence-corrected chi connectivity index (χ2v) is 8.45. The van der Waals surface area contributed by atoms with Gasteiger partial charge < -0.3 is 15.1 Å². The maximum absolute atomic E-state index is 12.2. The van der Waals surface area contributed by atoms with Gasteiger partial charge >= 0.3 is 5.97 Å². The molecule has 1 fully saturated rings. The van der Waals surface area contributed by atoms with Crippen molar-refractivity contribution >= 4 is 22.6 Å². The Labute approximate surface area is 178 Å². The lowest BCUT2D eigenvalue weighted by atomic mass is 9.98. The Hall–Kier alpha value is -2.40. The third-order valence-electron chi connectivity index (χ3n) is 6.11. The van der Waals surface area contributed by atoms with Crippen LogP contribution in [0.15, 0.2) is 42.5 Å². The molecule has 0 radical (unpaired) electrons. The number of amides is 1. The molecule has 5 heteroatoms. The van der Waals surface area contributed by atoms with Gasteiger partial charge in [-0.2, -0.15) is 0 Å². The fraction of sp³-hybridized carbons (Fsp3) is 0.520. The standard InChI is InChI=1S/C25H33NO4/c27-23(18-19-10-11-20-7-4-5-8-21(20)17-19)14-12-22-13-15-24(28)26(22)16-6-2-1-3-9-25(29)30/h4-5,7-8,10-11,17,22-23,27H,1-3,6,9,12-16,18H2,(H,29,30)/t22-,23?/m1/s1. The highest BCUT2D eigenvalue weighted by Crippen LogP contribution is 2.25. The average molecular weight is 412 g/mol. The highest BCUT2D eigenvalue weighted by atomic mass is 16.4. The van der Waals surface area contributed by atoms with E-state index in [4.69, 9.17) is 5.11 Å². The van der Waals surface area contributed by atoms with E-state index in [0.717, 1.165) is 44.2 Å². The number of carboxylic acid groups (broad SMARTS) is 1. The monoisotopic (exact) mass is 411 g/mol. The average Bonchev–Trinajstić information content (AvgIpc) is 3.08. The normalized spacial score (nSPS) is 17.6. The molecule has 30 heavy (non-hydrogen) atoms. The highest BCUT2D eigenvalue weighted by molar-refractivity contribution is 5.83. The maximum Gasteiger partial charge on any atom is 0.303 e. The van der Waals surface area contributed by atoms with Gasteiger partial charge in [0.25, 0.3) is 0 Å². The Balaban J connectivity index is 1.41. The Morgan fingerprint density at radius 2 is 1.83 bits per heavy atom. The van der Waals surface area contributed by atoms with Crippen LogP contribution in [0.3, 0.4) is 0 Å². The number of unbranched alkanes of at least 4 members (excludes halogenated alkanes) is 3. The Kier molecular flexibility index (Phi) is 8.26. The largest absolute Gasteiger partial charge is 0.481 e. The summed E-state index contributed by atoms with van der Waals surface area (Å²) in [6.45, 7) is 0.747. The number of carbonyl (C=O) groups is 2. The summed E-state index contributed by atoms with van der Waals surface area (Å²) in [4.78, 5) is 24.8. The van der Waals surface area contributed by atoms with Crippen LogP contribution in [-0.2, 0) is 16.0 Å². The van der Waals surface area contributed by atoms with Crippen LogP contribution >= 0.6 is 0 Å². The van der Waals surface area contributed by atoms with Crippen molar-refractivity contribution in [1.82, 2.24) is 4.90 Å². The van der Waals surface area contributed by atoms with Crippen LogP contribution in [0, 0.1) is 0 Å². The minimum Gasteiger partial charge on any atom is -0.481 e. The van der Waals surface area contributed by atoms with Crippen molar-refractivity contribution in [2.24, 2.45) is 0 Å². The number of aliphatic hydroxyl groups is 1. The zero-order valence-electron chi connectivity index (χ0n) is 17.6. The first-order chi connectivity index (χ1) is 14.5. The summed E-state index contributed by atoms with van der Waals surface area (Å²) in [6.07, 6.45) is 6.92. The predicted molar refractivity (Wildman–Crippen MR) is 118 cm³/mol. The van der Waals surface area contributed by atoms with Crippen LogP contribution in [0.2, 0.25) is 0 Å². The third-order valence-corrected chi connectivity index (χ3v) is 6.11. The number of hydrogen-bond donors (Lipinski definition) is 2. The van der Waals surface area contributed by atoms with E-state index in [2.05, 4.69) is 30.3 Å². The van der Waals surface area contributed by atoms with Gasteiger partial charge in [0.2, 0.25) is 5.91 Å². The first kappa shape index (κ1) is 22.3. The van der Waals surface area contributed by atoms with E-state index in [0.29, 0.717) is 25.7 Å². The van der Waals surface area contributed by atoms with Gasteiger partial charge in [0.1, 0.15) is 0 Å². The molecule has 1 saturated heterocycles. The molecule has 1 heterocycles. The molecule has 2 aromatic carbocycles. The number of likely N-dealkylation sites (tertiary alicyclic amines) is 1. The lowest BCUT2D eigenvalue weighted by Gasteiger charge is -2.26. The quantitative estimate of drug-likeness (QED) is 0.502. The molecule has 162 valence electrons. The smallest absolute Gasteiger partial charge is 0.303 e. The van der Waals surface area contributed by atoms with Crippen molar-refractivity contribution < 1.29 is 19.8 Å². The van der Waals surface area contributed by atoms with Crippen LogP contribution in [0.5, 0.6) is 0 Å². The van der Waals surface area contributed by atoms with Gasteiger partial charge in [0.15, 0.2) is 0 Å². The lowest BCUT2D eigenvalue weighted by Crippen LogP contribution is -2.34. The predicted octanol–water partition coefficient (Wildman–Crippen LogP) is 4.55. The summed E-state index contributed by atoms with van der Waals surface area (Å²) in [5.74, 6) is -0.526. The minimum absolute atomic E-state index is 0.217. The van der Waals surface area contributed by atoms with Gasteiger partial charge in [0, 0.05) is 25.4 Å². The van der Waals surface area contributed by atoms with Crippen LogP contribution in [0.25, 0.3) is 10.8 Å². The van der Waals surface area contributed by atoms with Crippen molar-refractivity contribution in [2.45, 2.75) is 76.4 Å². The summed E-state index contributed by atoms with van der Waals surface area (Å²) in [5.41, 5.74) is 1.14. The van der Waals surface area contributed by atoms with Crippen LogP contribution in [0.1, 0.15) is 63.4 Å². The molecule has 2 N–H and O–H groups in total. The molecule has 0 saturated carbocycles. The highest BCUT2D eigenvalue weighted by Gasteiger charge is 2.30. The molecule has 2 aromatic rings. The van der Waals surface area contributed by atoms with E-state index in [9.17, 15) is 14.7 Å². The SMILES string of the molecule is O=C(O)CCCCCCN1C(=O)CC[C@H]1CCC(O)Cc1ccc2ccccc2c1. The second kappa shape index (κ2) is 11.1. The summed E-state index contributed by atoms with van der Waals surface area (Å²) >= 11 is 0. The minimum atomic E-state index is -0.743. The fourth-order valence-electron chi connectivity index (χ4n) is 4.44. The van der Waals surface area contributed by atoms with Crippen molar-refractivity contribution in [3.05, 3.63) is 48.0 Å². The summed E-state index contributed by atoms with van der Waals surface area (Å²) < 4.78 is 0. The number of hydrogen-bond acceptors (Lipinski definition) is 3. The van der Waals surface area contributed by atoms with E-state index in [1.54, 1.807) is 0 Å². The van der Waals surface area contributed by atoms with Gasteiger partial charge in [-0.1, -0.05) is 55.3 Å². The number of benzene rings is 2. The molecule has 3 rings (SSSR count). The maximum atomic E-state index is 12.2. The fourth-order valence-corrected chi connectivity index (χ4v) is 4.44. The summed E-state index contributed by atoms with van der Waals surface area (Å²) in [5, 5.41) is 21.6. The van der Waals surface area contributed by atoms with E-state index < -0.39 is 12.1 Å². The summed E-state index contributed by atoms with van der Waals surface area (Å²) in [6, 6.07) is 14.8. The van der Waals surface area contributed by atoms with Crippen molar-refractivity contribution in [1.29, 1.82) is 0 Å². The molecule has 0 spiro atoms. The van der Waals surface area contributed by atoms with E-state index in [-0.39, 0.29) is 18.4 Å². The number of rotatable bonds is 12. The molecule has 0 aliphatic carbocycles. The Morgan fingerprint density at radius 1 is 1.07 bits per heavy atom. The van der Waals surface area contributed by atoms with E-state index >= 15 is 0 Å². The number of carboxylic acids is 1. The molecule has 0 aromatic heterocycles. The summed E-state index contributed by atoms with van der Waals surface area (Å²) in [7, 11) is 0. The van der Waals surface area contributed by atoms with Crippen molar-refractivity contribution in [3.8, 4) is 0 Å². The van der Waals surface area contributed by atoms with Crippen molar-refractivity contribution in [2.75, 3.05) is 6.54 Å². The third kappa shape index (κ3) is 6.56. The number of carbonyl (C=O) groups excluding carboxylic acids is 1. The van der Waals surface area contributed by atoms with Gasteiger partial charge in [-0.15, -0.1) is 0 Å². The molecule has 1 unspecified atom stereocenters. The number of aliphatic carboxylic acids is 1. The Bertz CT molecular complexity index is 850. The molecular weight excluding hydrogens is 378 g/mol. The molecule has 1 aliphatic heterocycles. The van der Waals surface area contributed by atoms with Crippen LogP contribution in [-0.4, -0.2) is 45.7 Å². The topological polar surface area (TPSA) is 77.8 Å². The first-order valence-electron chi connectivity index (χ1n) is 11.2. The van der Waals surface area contributed by atoms with E-state index in [1.165, 1.54) is 10.8 Å². The second-order valence-electron chi connectivity index (χ2n) is 8.45. The van der Waals surface area contributed by atoms with Crippen LogP contribution < -0.4 is 0 Å². The molecule has 5 nitrogen and oxygen atoms in total. The zero-order chi connectivity index (χ0) is 21.3. The van der Waals surface area contributed by atoms with Gasteiger partial charge in [-0.05, 0) is 54.9 Å².